The van der Waals surface area contributed by atoms with Crippen LogP contribution in [0.2, 0.25) is 0 Å². The largest absolute Gasteiger partial charge is 0.476 e. The zero-order chi connectivity index (χ0) is 12.3. The van der Waals surface area contributed by atoms with Gasteiger partial charge in [0.15, 0.2) is 5.69 Å². The van der Waals surface area contributed by atoms with Crippen LogP contribution in [-0.4, -0.2) is 37.4 Å². The van der Waals surface area contributed by atoms with E-state index in [-0.39, 0.29) is 5.69 Å². The van der Waals surface area contributed by atoms with E-state index in [1.165, 1.54) is 23.9 Å². The molecule has 0 unspecified atom stereocenters. The zero-order valence-corrected chi connectivity index (χ0v) is 9.94. The number of carboxylic acid groups (broad SMARTS) is 1. The van der Waals surface area contributed by atoms with Crippen LogP contribution in [0.1, 0.15) is 15.5 Å². The summed E-state index contributed by atoms with van der Waals surface area (Å²) in [5.74, 6) is -1.02. The number of anilines is 1. The first-order valence-corrected chi connectivity index (χ1v) is 5.76. The Morgan fingerprint density at radius 3 is 3.00 bits per heavy atom. The van der Waals surface area contributed by atoms with Crippen molar-refractivity contribution in [3.63, 3.8) is 0 Å². The summed E-state index contributed by atoms with van der Waals surface area (Å²) in [5, 5.41) is 21.3. The number of hydrogen-bond donors (Lipinski definition) is 2. The molecule has 0 radical (unpaired) electrons. The fourth-order valence-corrected chi connectivity index (χ4v) is 1.87. The molecule has 0 fully saturated rings. The number of aromatic nitrogens is 4. The van der Waals surface area contributed by atoms with E-state index < -0.39 is 5.97 Å². The van der Waals surface area contributed by atoms with E-state index in [0.717, 1.165) is 10.1 Å². The van der Waals surface area contributed by atoms with Gasteiger partial charge >= 0.3 is 5.97 Å². The van der Waals surface area contributed by atoms with E-state index >= 15 is 0 Å². The van der Waals surface area contributed by atoms with Gasteiger partial charge in [-0.15, -0.1) is 10.2 Å². The minimum atomic E-state index is -1.02. The first kappa shape index (κ1) is 11.5. The Hall–Kier alpha value is -1.96. The lowest BCUT2D eigenvalue weighted by Gasteiger charge is -2.02. The molecule has 0 aliphatic carbocycles. The standard InChI is InChI=1S/C9H11N5O2S/c1-6-12-13-9(17-6)10-2-3-14-4-7(8(15)16)11-5-14/h4-5H,2-3H2,1H3,(H,10,13)(H,15,16). The van der Waals surface area contributed by atoms with Gasteiger partial charge in [0.05, 0.1) is 6.33 Å². The van der Waals surface area contributed by atoms with E-state index in [1.54, 1.807) is 4.57 Å². The second-order valence-corrected chi connectivity index (χ2v) is 4.54. The average Bonchev–Trinajstić information content (AvgIpc) is 2.88. The van der Waals surface area contributed by atoms with Gasteiger partial charge in [0.25, 0.3) is 0 Å². The van der Waals surface area contributed by atoms with Gasteiger partial charge in [-0.2, -0.15) is 0 Å². The molecule has 8 heteroatoms. The highest BCUT2D eigenvalue weighted by molar-refractivity contribution is 7.15. The minimum Gasteiger partial charge on any atom is -0.476 e. The van der Waals surface area contributed by atoms with Gasteiger partial charge in [-0.3, -0.25) is 0 Å². The molecule has 17 heavy (non-hydrogen) atoms. The Morgan fingerprint density at radius 2 is 2.41 bits per heavy atom. The Bertz CT molecular complexity index is 521. The predicted octanol–water partition coefficient (Wildman–Crippen LogP) is 0.853. The molecule has 90 valence electrons. The van der Waals surface area contributed by atoms with Crippen LogP contribution >= 0.6 is 11.3 Å². The summed E-state index contributed by atoms with van der Waals surface area (Å²) in [6, 6.07) is 0. The number of rotatable bonds is 5. The first-order valence-electron chi connectivity index (χ1n) is 4.94. The fraction of sp³-hybridized carbons (Fsp3) is 0.333. The van der Waals surface area contributed by atoms with Crippen molar-refractivity contribution >= 4 is 22.4 Å². The Morgan fingerprint density at radius 1 is 1.59 bits per heavy atom. The average molecular weight is 253 g/mol. The normalized spacial score (nSPS) is 10.4. The summed E-state index contributed by atoms with van der Waals surface area (Å²) in [6.07, 6.45) is 2.99. The van der Waals surface area contributed by atoms with Crippen LogP contribution in [-0.2, 0) is 6.54 Å². The maximum Gasteiger partial charge on any atom is 0.356 e. The molecule has 0 saturated heterocycles. The van der Waals surface area contributed by atoms with Crippen LogP contribution in [0.5, 0.6) is 0 Å². The number of aromatic carboxylic acids is 1. The SMILES string of the molecule is Cc1nnc(NCCn2cnc(C(=O)O)c2)s1. The molecule has 0 spiro atoms. The number of nitrogens with zero attached hydrogens (tertiary/aromatic N) is 4. The lowest BCUT2D eigenvalue weighted by atomic mass is 10.5. The van der Waals surface area contributed by atoms with Gasteiger partial charge in [-0.05, 0) is 6.92 Å². The number of hydrogen-bond acceptors (Lipinski definition) is 6. The minimum absolute atomic E-state index is 0.0526. The molecule has 2 rings (SSSR count). The molecule has 7 nitrogen and oxygen atoms in total. The number of imidazole rings is 1. The Kier molecular flexibility index (Phi) is 3.33. The summed E-state index contributed by atoms with van der Waals surface area (Å²) in [7, 11) is 0. The van der Waals surface area contributed by atoms with Gasteiger partial charge in [-0.25, -0.2) is 9.78 Å². The smallest absolute Gasteiger partial charge is 0.356 e. The summed E-state index contributed by atoms with van der Waals surface area (Å²) < 4.78 is 1.71. The summed E-state index contributed by atoms with van der Waals surface area (Å²) in [5.41, 5.74) is 0.0526. The van der Waals surface area contributed by atoms with Crippen molar-refractivity contribution in [2.45, 2.75) is 13.5 Å². The predicted molar refractivity (Wildman–Crippen MR) is 62.3 cm³/mol. The fourth-order valence-electron chi connectivity index (χ4n) is 1.25. The van der Waals surface area contributed by atoms with E-state index in [4.69, 9.17) is 5.11 Å². The van der Waals surface area contributed by atoms with Crippen LogP contribution in [0.15, 0.2) is 12.5 Å². The quantitative estimate of drug-likeness (QED) is 0.820. The van der Waals surface area contributed by atoms with Crippen molar-refractivity contribution in [3.05, 3.63) is 23.2 Å². The number of aryl methyl sites for hydroxylation is 1. The summed E-state index contributed by atoms with van der Waals surface area (Å²) in [4.78, 5) is 14.4. The van der Waals surface area contributed by atoms with Crippen molar-refractivity contribution in [1.82, 2.24) is 19.7 Å². The number of carbonyl (C=O) groups is 1. The molecular weight excluding hydrogens is 242 g/mol. The summed E-state index contributed by atoms with van der Waals surface area (Å²) in [6.45, 7) is 3.15. The monoisotopic (exact) mass is 253 g/mol. The van der Waals surface area contributed by atoms with Crippen molar-refractivity contribution in [2.24, 2.45) is 0 Å². The van der Waals surface area contributed by atoms with Crippen LogP contribution in [0.3, 0.4) is 0 Å². The third-order valence-electron chi connectivity index (χ3n) is 2.02. The second-order valence-electron chi connectivity index (χ2n) is 3.35. The first-order chi connectivity index (χ1) is 8.15. The molecule has 0 aromatic carbocycles. The van der Waals surface area contributed by atoms with Crippen molar-refractivity contribution in [1.29, 1.82) is 0 Å². The van der Waals surface area contributed by atoms with E-state index in [1.807, 2.05) is 6.92 Å². The van der Waals surface area contributed by atoms with Crippen molar-refractivity contribution in [3.8, 4) is 0 Å². The van der Waals surface area contributed by atoms with Crippen molar-refractivity contribution in [2.75, 3.05) is 11.9 Å². The molecule has 2 heterocycles. The maximum atomic E-state index is 10.6. The highest BCUT2D eigenvalue weighted by atomic mass is 32.1. The highest BCUT2D eigenvalue weighted by Gasteiger charge is 2.06. The lowest BCUT2D eigenvalue weighted by molar-refractivity contribution is 0.0691. The van der Waals surface area contributed by atoms with Crippen LogP contribution in [0, 0.1) is 6.92 Å². The molecule has 2 N–H and O–H groups in total. The van der Waals surface area contributed by atoms with Gasteiger partial charge in [0.2, 0.25) is 5.13 Å². The Labute approximate surface area is 101 Å². The van der Waals surface area contributed by atoms with E-state index in [9.17, 15) is 4.79 Å². The summed E-state index contributed by atoms with van der Waals surface area (Å²) >= 11 is 1.48. The van der Waals surface area contributed by atoms with Gasteiger partial charge in [0, 0.05) is 19.3 Å². The number of carboxylic acids is 1. The van der Waals surface area contributed by atoms with Crippen molar-refractivity contribution < 1.29 is 9.90 Å². The van der Waals surface area contributed by atoms with Gasteiger partial charge in [-0.1, -0.05) is 11.3 Å². The van der Waals surface area contributed by atoms with Gasteiger partial charge in [0.1, 0.15) is 5.01 Å². The van der Waals surface area contributed by atoms with Crippen LogP contribution in [0.4, 0.5) is 5.13 Å². The lowest BCUT2D eigenvalue weighted by Crippen LogP contribution is -2.09. The van der Waals surface area contributed by atoms with Gasteiger partial charge < -0.3 is 15.0 Å². The van der Waals surface area contributed by atoms with Crippen LogP contribution in [0.25, 0.3) is 0 Å². The molecule has 2 aromatic heterocycles. The molecule has 0 aliphatic rings. The second kappa shape index (κ2) is 4.91. The maximum absolute atomic E-state index is 10.6. The zero-order valence-electron chi connectivity index (χ0n) is 9.12. The molecule has 0 atom stereocenters. The molecule has 0 saturated carbocycles. The van der Waals surface area contributed by atoms with E-state index in [0.29, 0.717) is 13.1 Å². The molecule has 0 aliphatic heterocycles. The molecule has 0 amide bonds. The molecule has 2 aromatic rings. The molecular formula is C9H11N5O2S. The number of nitrogens with one attached hydrogen (secondary N) is 1. The third-order valence-corrected chi connectivity index (χ3v) is 2.82. The molecule has 0 bridgehead atoms. The van der Waals surface area contributed by atoms with E-state index in [2.05, 4.69) is 20.5 Å². The highest BCUT2D eigenvalue weighted by Crippen LogP contribution is 2.12. The van der Waals surface area contributed by atoms with Crippen LogP contribution < -0.4 is 5.32 Å². The topological polar surface area (TPSA) is 92.9 Å². The third kappa shape index (κ3) is 3.00. The Balaban J connectivity index is 1.83.